The van der Waals surface area contributed by atoms with Crippen LogP contribution in [0, 0.1) is 0 Å². The Balaban J connectivity index is 1.63. The molecule has 2 aromatic rings. The lowest BCUT2D eigenvalue weighted by Crippen LogP contribution is -2.20. The van der Waals surface area contributed by atoms with E-state index in [1.54, 1.807) is 12.3 Å². The maximum absolute atomic E-state index is 12.2. The van der Waals surface area contributed by atoms with Crippen molar-refractivity contribution in [2.45, 2.75) is 29.8 Å². The third kappa shape index (κ3) is 3.60. The van der Waals surface area contributed by atoms with Crippen molar-refractivity contribution in [3.63, 3.8) is 0 Å². The van der Waals surface area contributed by atoms with Crippen LogP contribution < -0.4 is 5.32 Å². The van der Waals surface area contributed by atoms with E-state index >= 15 is 0 Å². The van der Waals surface area contributed by atoms with E-state index in [9.17, 15) is 8.42 Å². The molecule has 0 saturated carbocycles. The number of sulfone groups is 1. The van der Waals surface area contributed by atoms with Gasteiger partial charge in [0.15, 0.2) is 0 Å². The summed E-state index contributed by atoms with van der Waals surface area (Å²) in [6, 6.07) is 3.61. The van der Waals surface area contributed by atoms with Gasteiger partial charge in [0, 0.05) is 6.61 Å². The molecule has 1 saturated heterocycles. The van der Waals surface area contributed by atoms with Gasteiger partial charge in [-0.15, -0.1) is 10.2 Å². The Kier molecular flexibility index (Phi) is 4.22. The van der Waals surface area contributed by atoms with Gasteiger partial charge in [-0.05, 0) is 25.0 Å². The number of nitrogens with one attached hydrogen (secondary N) is 1. The van der Waals surface area contributed by atoms with Crippen molar-refractivity contribution in [2.75, 3.05) is 17.7 Å². The number of aromatic nitrogens is 2. The van der Waals surface area contributed by atoms with Crippen molar-refractivity contribution in [3.05, 3.63) is 24.2 Å². The van der Waals surface area contributed by atoms with Crippen LogP contribution >= 0.6 is 11.3 Å². The van der Waals surface area contributed by atoms with Gasteiger partial charge in [-0.1, -0.05) is 11.3 Å². The molecule has 1 N–H and O–H groups in total. The van der Waals surface area contributed by atoms with Crippen LogP contribution in [0.2, 0.25) is 0 Å². The lowest BCUT2D eigenvalue weighted by molar-refractivity contribution is 0.127. The maximum Gasteiger partial charge on any atom is 0.234 e. The molecule has 0 bridgehead atoms. The topological polar surface area (TPSA) is 94.3 Å². The van der Waals surface area contributed by atoms with Crippen molar-refractivity contribution < 1.29 is 17.6 Å². The third-order valence-electron chi connectivity index (χ3n) is 3.10. The summed E-state index contributed by atoms with van der Waals surface area (Å²) in [6.45, 7) is 1.07. The minimum atomic E-state index is -3.44. The largest absolute Gasteiger partial charge is 0.467 e. The number of hydrogen-bond donors (Lipinski definition) is 1. The Hall–Kier alpha value is -1.45. The summed E-state index contributed by atoms with van der Waals surface area (Å²) in [5.41, 5.74) is 0. The summed E-state index contributed by atoms with van der Waals surface area (Å²) in [5.74, 6) is 0.716. The predicted molar refractivity (Wildman–Crippen MR) is 77.0 cm³/mol. The van der Waals surface area contributed by atoms with Gasteiger partial charge in [0.1, 0.15) is 5.76 Å². The number of nitrogens with zero attached hydrogens (tertiary/aromatic N) is 2. The van der Waals surface area contributed by atoms with Crippen LogP contribution in [-0.4, -0.2) is 37.1 Å². The van der Waals surface area contributed by atoms with E-state index in [0.717, 1.165) is 29.9 Å². The molecule has 1 aliphatic heterocycles. The van der Waals surface area contributed by atoms with Crippen molar-refractivity contribution in [3.8, 4) is 0 Å². The summed E-state index contributed by atoms with van der Waals surface area (Å²) < 4.78 is 35.0. The summed E-state index contributed by atoms with van der Waals surface area (Å²) in [4.78, 5) is 0. The van der Waals surface area contributed by atoms with Crippen LogP contribution in [0.3, 0.4) is 0 Å². The van der Waals surface area contributed by atoms with E-state index in [1.165, 1.54) is 0 Å². The van der Waals surface area contributed by atoms with Gasteiger partial charge in [-0.2, -0.15) is 0 Å². The van der Waals surface area contributed by atoms with Crippen molar-refractivity contribution in [1.29, 1.82) is 0 Å². The fourth-order valence-electron chi connectivity index (χ4n) is 2.07. The van der Waals surface area contributed by atoms with E-state index in [-0.39, 0.29) is 16.2 Å². The van der Waals surface area contributed by atoms with Crippen molar-refractivity contribution in [2.24, 2.45) is 0 Å². The lowest BCUT2D eigenvalue weighted by atomic mass is 10.3. The molecule has 1 fully saturated rings. The molecule has 114 valence electrons. The van der Waals surface area contributed by atoms with E-state index in [2.05, 4.69) is 15.5 Å². The molecule has 7 nitrogen and oxygen atoms in total. The molecule has 0 spiro atoms. The van der Waals surface area contributed by atoms with Crippen molar-refractivity contribution in [1.82, 2.24) is 10.2 Å². The molecule has 9 heteroatoms. The first-order chi connectivity index (χ1) is 10.1. The predicted octanol–water partition coefficient (Wildman–Crippen LogP) is 1.70. The Bertz CT molecular complexity index is 675. The van der Waals surface area contributed by atoms with Gasteiger partial charge in [-0.3, -0.25) is 0 Å². The first-order valence-corrected chi connectivity index (χ1v) is 9.04. The molecule has 0 aliphatic carbocycles. The maximum atomic E-state index is 12.2. The molecule has 1 atom stereocenters. The summed E-state index contributed by atoms with van der Waals surface area (Å²) in [7, 11) is -3.44. The Morgan fingerprint density at radius 2 is 2.33 bits per heavy atom. The molecular weight excluding hydrogens is 314 g/mol. The second kappa shape index (κ2) is 6.12. The summed E-state index contributed by atoms with van der Waals surface area (Å²) >= 11 is 1.03. The van der Waals surface area contributed by atoms with Gasteiger partial charge in [-0.25, -0.2) is 8.42 Å². The zero-order valence-electron chi connectivity index (χ0n) is 11.2. The monoisotopic (exact) mass is 329 g/mol. The second-order valence-corrected chi connectivity index (χ2v) is 7.91. The van der Waals surface area contributed by atoms with E-state index in [0.29, 0.717) is 18.3 Å². The molecule has 0 unspecified atom stereocenters. The summed E-state index contributed by atoms with van der Waals surface area (Å²) in [6.07, 6.45) is 3.04. The minimum absolute atomic E-state index is 0.0277. The van der Waals surface area contributed by atoms with Crippen molar-refractivity contribution >= 4 is 26.3 Å². The highest BCUT2D eigenvalue weighted by atomic mass is 32.2. The Labute approximate surface area is 126 Å². The highest BCUT2D eigenvalue weighted by Crippen LogP contribution is 2.24. The van der Waals surface area contributed by atoms with Gasteiger partial charge < -0.3 is 14.5 Å². The number of anilines is 1. The van der Waals surface area contributed by atoms with Crippen LogP contribution in [0.1, 0.15) is 18.6 Å². The smallest absolute Gasteiger partial charge is 0.234 e. The molecule has 2 aromatic heterocycles. The first-order valence-electron chi connectivity index (χ1n) is 6.57. The van der Waals surface area contributed by atoms with E-state index < -0.39 is 9.84 Å². The lowest BCUT2D eigenvalue weighted by Gasteiger charge is -2.07. The van der Waals surface area contributed by atoms with Gasteiger partial charge >= 0.3 is 0 Å². The molecule has 0 amide bonds. The van der Waals surface area contributed by atoms with Crippen LogP contribution in [0.15, 0.2) is 27.2 Å². The molecule has 0 aromatic carbocycles. The van der Waals surface area contributed by atoms with E-state index in [4.69, 9.17) is 9.15 Å². The molecule has 0 radical (unpaired) electrons. The average molecular weight is 329 g/mol. The fourth-order valence-corrected chi connectivity index (χ4v) is 4.56. The molecular formula is C12H15N3O4S2. The molecule has 3 rings (SSSR count). The van der Waals surface area contributed by atoms with Gasteiger partial charge in [0.25, 0.3) is 0 Å². The third-order valence-corrected chi connectivity index (χ3v) is 6.21. The van der Waals surface area contributed by atoms with Gasteiger partial charge in [0.05, 0.1) is 24.7 Å². The number of hydrogen-bond acceptors (Lipinski definition) is 8. The Morgan fingerprint density at radius 1 is 1.43 bits per heavy atom. The number of ether oxygens (including phenoxy) is 1. The molecule has 1 aliphatic rings. The fraction of sp³-hybridized carbons (Fsp3) is 0.500. The Morgan fingerprint density at radius 3 is 3.05 bits per heavy atom. The first kappa shape index (κ1) is 14.5. The average Bonchev–Trinajstić information content (AvgIpc) is 3.19. The zero-order chi connectivity index (χ0) is 14.7. The minimum Gasteiger partial charge on any atom is -0.467 e. The zero-order valence-corrected chi connectivity index (χ0v) is 12.8. The second-order valence-electron chi connectivity index (χ2n) is 4.72. The van der Waals surface area contributed by atoms with Crippen LogP contribution in [0.4, 0.5) is 5.13 Å². The highest BCUT2D eigenvalue weighted by molar-refractivity contribution is 7.93. The van der Waals surface area contributed by atoms with E-state index in [1.807, 2.05) is 6.07 Å². The van der Waals surface area contributed by atoms with Gasteiger partial charge in [0.2, 0.25) is 19.3 Å². The summed E-state index contributed by atoms with van der Waals surface area (Å²) in [5, 5.41) is 11.1. The standard InChI is InChI=1S/C12H15N3O4S2/c16-21(17,8-10-4-2-6-19-10)12-15-14-11(20-12)13-7-9-3-1-5-18-9/h1,3,5,10H,2,4,6-8H2,(H,13,14)/t10-/m1/s1. The highest BCUT2D eigenvalue weighted by Gasteiger charge is 2.27. The van der Waals surface area contributed by atoms with Crippen LogP contribution in [-0.2, 0) is 21.1 Å². The normalized spacial score (nSPS) is 19.0. The van der Waals surface area contributed by atoms with Crippen LogP contribution in [0.25, 0.3) is 0 Å². The molecule has 21 heavy (non-hydrogen) atoms. The SMILES string of the molecule is O=S(=O)(C[C@H]1CCCO1)c1nnc(NCc2ccco2)s1. The van der Waals surface area contributed by atoms with Crippen LogP contribution in [0.5, 0.6) is 0 Å². The quantitative estimate of drug-likeness (QED) is 0.862. The molecule has 3 heterocycles. The number of rotatable bonds is 6. The number of furan rings is 1.